The third-order valence-electron chi connectivity index (χ3n) is 3.16. The van der Waals surface area contributed by atoms with Gasteiger partial charge in [0.2, 0.25) is 0 Å². The summed E-state index contributed by atoms with van der Waals surface area (Å²) < 4.78 is 0. The first-order valence-corrected chi connectivity index (χ1v) is 6.84. The maximum atomic E-state index is 9.21. The first kappa shape index (κ1) is 12.0. The van der Waals surface area contributed by atoms with Crippen molar-refractivity contribution in [2.24, 2.45) is 5.92 Å². The molecule has 3 nitrogen and oxygen atoms in total. The van der Waals surface area contributed by atoms with Crippen LogP contribution < -0.4 is 5.32 Å². The average Bonchev–Trinajstić information content (AvgIpc) is 2.77. The first-order valence-electron chi connectivity index (χ1n) is 6.02. The van der Waals surface area contributed by atoms with E-state index in [9.17, 15) is 5.11 Å². The maximum absolute atomic E-state index is 9.21. The maximum Gasteiger partial charge on any atom is 0.107 e. The number of aromatic nitrogens is 1. The van der Waals surface area contributed by atoms with Crippen LogP contribution in [0.25, 0.3) is 0 Å². The van der Waals surface area contributed by atoms with Crippen molar-refractivity contribution in [2.45, 2.75) is 45.7 Å². The lowest BCUT2D eigenvalue weighted by Crippen LogP contribution is -2.36. The zero-order valence-electron chi connectivity index (χ0n) is 9.99. The van der Waals surface area contributed by atoms with Crippen LogP contribution in [0.3, 0.4) is 0 Å². The van der Waals surface area contributed by atoms with E-state index in [1.807, 2.05) is 11.3 Å². The highest BCUT2D eigenvalue weighted by Crippen LogP contribution is 2.27. The third-order valence-corrected chi connectivity index (χ3v) is 4.31. The molecule has 1 atom stereocenters. The van der Waals surface area contributed by atoms with E-state index in [0.29, 0.717) is 5.92 Å². The van der Waals surface area contributed by atoms with E-state index in [0.717, 1.165) is 13.0 Å². The molecule has 4 heteroatoms. The van der Waals surface area contributed by atoms with Gasteiger partial charge in [0.25, 0.3) is 0 Å². The molecule has 90 valence electrons. The largest absolute Gasteiger partial charge is 0.395 e. The Morgan fingerprint density at radius 3 is 2.88 bits per heavy atom. The molecule has 0 radical (unpaired) electrons. The summed E-state index contributed by atoms with van der Waals surface area (Å²) in [5, 5.41) is 13.8. The molecule has 0 unspecified atom stereocenters. The molecule has 0 fully saturated rings. The first-order chi connectivity index (χ1) is 7.70. The zero-order chi connectivity index (χ0) is 11.5. The second kappa shape index (κ2) is 5.25. The fourth-order valence-corrected chi connectivity index (χ4v) is 3.16. The quantitative estimate of drug-likeness (QED) is 0.824. The van der Waals surface area contributed by atoms with Gasteiger partial charge >= 0.3 is 0 Å². The molecule has 1 aliphatic rings. The van der Waals surface area contributed by atoms with E-state index in [1.165, 1.54) is 28.4 Å². The minimum absolute atomic E-state index is 0.179. The smallest absolute Gasteiger partial charge is 0.107 e. The number of aliphatic hydroxyl groups excluding tert-OH is 1. The highest BCUT2D eigenvalue weighted by atomic mass is 32.1. The van der Waals surface area contributed by atoms with Gasteiger partial charge in [0.05, 0.1) is 12.3 Å². The van der Waals surface area contributed by atoms with Crippen LogP contribution in [0.4, 0.5) is 0 Å². The van der Waals surface area contributed by atoms with Gasteiger partial charge in [-0.3, -0.25) is 0 Å². The number of aliphatic hydroxyl groups is 1. The summed E-state index contributed by atoms with van der Waals surface area (Å²) >= 11 is 1.83. The third kappa shape index (κ3) is 2.62. The van der Waals surface area contributed by atoms with E-state index >= 15 is 0 Å². The molecular formula is C12H20N2OS. The summed E-state index contributed by atoms with van der Waals surface area (Å²) in [6.45, 7) is 5.23. The normalized spacial score (nSPS) is 16.8. The van der Waals surface area contributed by atoms with Crippen molar-refractivity contribution in [1.82, 2.24) is 10.3 Å². The summed E-state index contributed by atoms with van der Waals surface area (Å²) in [6, 6.07) is 0.179. The van der Waals surface area contributed by atoms with E-state index < -0.39 is 0 Å². The van der Waals surface area contributed by atoms with Gasteiger partial charge in [0, 0.05) is 17.5 Å². The second-order valence-corrected chi connectivity index (χ2v) is 5.91. The van der Waals surface area contributed by atoms with Crippen LogP contribution in [-0.4, -0.2) is 22.7 Å². The number of hydrogen-bond acceptors (Lipinski definition) is 4. The van der Waals surface area contributed by atoms with Gasteiger partial charge in [-0.05, 0) is 25.2 Å². The molecule has 16 heavy (non-hydrogen) atoms. The van der Waals surface area contributed by atoms with Gasteiger partial charge in [0.15, 0.2) is 0 Å². The SMILES string of the molecule is CC(C)[C@@H](CO)NCc1nc2c(s1)CCC2. The van der Waals surface area contributed by atoms with Crippen LogP contribution in [0.15, 0.2) is 0 Å². The van der Waals surface area contributed by atoms with E-state index in [4.69, 9.17) is 0 Å². The molecule has 0 saturated carbocycles. The van der Waals surface area contributed by atoms with Gasteiger partial charge in [-0.1, -0.05) is 13.8 Å². The number of thiazole rings is 1. The van der Waals surface area contributed by atoms with Crippen LogP contribution >= 0.6 is 11.3 Å². The van der Waals surface area contributed by atoms with Crippen molar-refractivity contribution in [1.29, 1.82) is 0 Å². The predicted octanol–water partition coefficient (Wildman–Crippen LogP) is 1.74. The summed E-state index contributed by atoms with van der Waals surface area (Å²) in [6.07, 6.45) is 3.63. The van der Waals surface area contributed by atoms with Crippen LogP contribution in [0, 0.1) is 5.92 Å². The summed E-state index contributed by atoms with van der Waals surface area (Å²) in [5.74, 6) is 0.455. The number of rotatable bonds is 5. The van der Waals surface area contributed by atoms with Gasteiger partial charge in [-0.2, -0.15) is 0 Å². The molecule has 0 aromatic carbocycles. The van der Waals surface area contributed by atoms with Crippen LogP contribution in [0.1, 0.15) is 35.8 Å². The highest BCUT2D eigenvalue weighted by molar-refractivity contribution is 7.11. The van der Waals surface area contributed by atoms with Crippen molar-refractivity contribution in [3.8, 4) is 0 Å². The minimum atomic E-state index is 0.179. The van der Waals surface area contributed by atoms with Gasteiger partial charge in [-0.25, -0.2) is 4.98 Å². The van der Waals surface area contributed by atoms with Crippen molar-refractivity contribution in [2.75, 3.05) is 6.61 Å². The van der Waals surface area contributed by atoms with Crippen LogP contribution in [0.5, 0.6) is 0 Å². The summed E-state index contributed by atoms with van der Waals surface area (Å²) in [4.78, 5) is 6.10. The molecule has 2 rings (SSSR count). The van der Waals surface area contributed by atoms with Gasteiger partial charge in [0.1, 0.15) is 5.01 Å². The Bertz CT molecular complexity index is 327. The molecule has 0 bridgehead atoms. The van der Waals surface area contributed by atoms with E-state index in [1.54, 1.807) is 0 Å². The van der Waals surface area contributed by atoms with E-state index in [2.05, 4.69) is 24.1 Å². The Morgan fingerprint density at radius 1 is 1.44 bits per heavy atom. The Hall–Kier alpha value is -0.450. The van der Waals surface area contributed by atoms with Crippen molar-refractivity contribution in [3.05, 3.63) is 15.6 Å². The number of hydrogen-bond donors (Lipinski definition) is 2. The Kier molecular flexibility index (Phi) is 3.95. The Morgan fingerprint density at radius 2 is 2.25 bits per heavy atom. The summed E-state index contributed by atoms with van der Waals surface area (Å²) in [7, 11) is 0. The average molecular weight is 240 g/mol. The van der Waals surface area contributed by atoms with Crippen molar-refractivity contribution < 1.29 is 5.11 Å². The number of nitrogens with zero attached hydrogens (tertiary/aromatic N) is 1. The molecule has 1 heterocycles. The summed E-state index contributed by atoms with van der Waals surface area (Å²) in [5.41, 5.74) is 1.31. The molecule has 2 N–H and O–H groups in total. The fraction of sp³-hybridized carbons (Fsp3) is 0.750. The lowest BCUT2D eigenvalue weighted by molar-refractivity contribution is 0.210. The van der Waals surface area contributed by atoms with E-state index in [-0.39, 0.29) is 12.6 Å². The molecule has 1 aromatic heterocycles. The number of fused-ring (bicyclic) bond motifs is 1. The molecule has 0 saturated heterocycles. The molecular weight excluding hydrogens is 220 g/mol. The molecule has 1 aromatic rings. The lowest BCUT2D eigenvalue weighted by Gasteiger charge is -2.19. The molecule has 1 aliphatic carbocycles. The number of nitrogens with one attached hydrogen (secondary N) is 1. The molecule has 0 spiro atoms. The highest BCUT2D eigenvalue weighted by Gasteiger charge is 2.17. The Balaban J connectivity index is 1.89. The zero-order valence-corrected chi connectivity index (χ0v) is 10.8. The van der Waals surface area contributed by atoms with Gasteiger partial charge in [-0.15, -0.1) is 11.3 Å². The van der Waals surface area contributed by atoms with Crippen LogP contribution in [0.2, 0.25) is 0 Å². The second-order valence-electron chi connectivity index (χ2n) is 4.75. The van der Waals surface area contributed by atoms with Gasteiger partial charge < -0.3 is 10.4 Å². The standard InChI is InChI=1S/C12H20N2OS/c1-8(2)10(7-15)13-6-12-14-9-4-3-5-11(9)16-12/h8,10,13,15H,3-7H2,1-2H3/t10-/m1/s1. The predicted molar refractivity (Wildman–Crippen MR) is 66.7 cm³/mol. The molecule has 0 amide bonds. The number of aryl methyl sites for hydroxylation is 2. The lowest BCUT2D eigenvalue weighted by atomic mass is 10.1. The fourth-order valence-electron chi connectivity index (χ4n) is 2.05. The monoisotopic (exact) mass is 240 g/mol. The van der Waals surface area contributed by atoms with Crippen LogP contribution in [-0.2, 0) is 19.4 Å². The van der Waals surface area contributed by atoms with Crippen molar-refractivity contribution >= 4 is 11.3 Å². The topological polar surface area (TPSA) is 45.1 Å². The molecule has 0 aliphatic heterocycles. The Labute approximate surface area is 101 Å². The van der Waals surface area contributed by atoms with Crippen molar-refractivity contribution in [3.63, 3.8) is 0 Å². The minimum Gasteiger partial charge on any atom is -0.395 e.